The third kappa shape index (κ3) is 3.31. The van der Waals surface area contributed by atoms with Crippen molar-refractivity contribution in [2.75, 3.05) is 16.3 Å². The predicted molar refractivity (Wildman–Crippen MR) is 113 cm³/mol. The first-order valence-electron chi connectivity index (χ1n) is 9.98. The second-order valence-electron chi connectivity index (χ2n) is 7.34. The van der Waals surface area contributed by atoms with Crippen molar-refractivity contribution in [3.8, 4) is 0 Å². The second-order valence-corrected chi connectivity index (χ2v) is 7.34. The van der Waals surface area contributed by atoms with Gasteiger partial charge in [-0.15, -0.1) is 0 Å². The fourth-order valence-electron chi connectivity index (χ4n) is 4.23. The van der Waals surface area contributed by atoms with Gasteiger partial charge in [0.05, 0.1) is 12.3 Å². The predicted octanol–water partition coefficient (Wildman–Crippen LogP) is 5.68. The van der Waals surface area contributed by atoms with E-state index in [0.717, 1.165) is 25.1 Å². The lowest BCUT2D eigenvalue weighted by Gasteiger charge is -2.44. The summed E-state index contributed by atoms with van der Waals surface area (Å²) in [7, 11) is 0. The van der Waals surface area contributed by atoms with Gasteiger partial charge in [-0.05, 0) is 55.7 Å². The van der Waals surface area contributed by atoms with Crippen LogP contribution in [0.3, 0.4) is 0 Å². The SMILES string of the molecule is CCCN(c1ccccc1)C1CC(C)N(C(=O)c2ccco2)c2ccccc21. The summed E-state index contributed by atoms with van der Waals surface area (Å²) in [6.07, 6.45) is 3.49. The maximum Gasteiger partial charge on any atom is 0.294 e. The van der Waals surface area contributed by atoms with E-state index < -0.39 is 0 Å². The number of furan rings is 1. The number of carbonyl (C=O) groups is 1. The first kappa shape index (κ1) is 18.4. The minimum atomic E-state index is -0.0786. The number of para-hydroxylation sites is 2. The highest BCUT2D eigenvalue weighted by molar-refractivity contribution is 6.05. The van der Waals surface area contributed by atoms with Gasteiger partial charge in [0, 0.05) is 24.0 Å². The van der Waals surface area contributed by atoms with E-state index in [4.69, 9.17) is 4.42 Å². The molecule has 0 fully saturated rings. The van der Waals surface area contributed by atoms with Gasteiger partial charge in [0.25, 0.3) is 5.91 Å². The smallest absolute Gasteiger partial charge is 0.294 e. The fraction of sp³-hybridized carbons (Fsp3) is 0.292. The topological polar surface area (TPSA) is 36.7 Å². The van der Waals surface area contributed by atoms with Crippen LogP contribution in [-0.2, 0) is 0 Å². The molecule has 2 heterocycles. The van der Waals surface area contributed by atoms with E-state index in [1.165, 1.54) is 11.3 Å². The maximum absolute atomic E-state index is 13.1. The van der Waals surface area contributed by atoms with E-state index in [1.807, 2.05) is 17.0 Å². The van der Waals surface area contributed by atoms with Gasteiger partial charge in [-0.3, -0.25) is 4.79 Å². The van der Waals surface area contributed by atoms with Crippen molar-refractivity contribution < 1.29 is 9.21 Å². The molecule has 4 nitrogen and oxygen atoms in total. The molecule has 1 aliphatic rings. The summed E-state index contributed by atoms with van der Waals surface area (Å²) >= 11 is 0. The fourth-order valence-corrected chi connectivity index (χ4v) is 4.23. The van der Waals surface area contributed by atoms with E-state index >= 15 is 0 Å². The Labute approximate surface area is 166 Å². The Hall–Kier alpha value is -3.01. The molecular weight excluding hydrogens is 348 g/mol. The minimum Gasteiger partial charge on any atom is -0.459 e. The van der Waals surface area contributed by atoms with Gasteiger partial charge in [0.1, 0.15) is 0 Å². The number of carbonyl (C=O) groups excluding carboxylic acids is 1. The quantitative estimate of drug-likeness (QED) is 0.577. The Kier molecular flexibility index (Phi) is 5.20. The van der Waals surface area contributed by atoms with Gasteiger partial charge in [0.2, 0.25) is 0 Å². The molecule has 2 unspecified atom stereocenters. The Balaban J connectivity index is 1.76. The van der Waals surface area contributed by atoms with Crippen LogP contribution >= 0.6 is 0 Å². The summed E-state index contributed by atoms with van der Waals surface area (Å²) in [5.41, 5.74) is 3.39. The number of anilines is 2. The monoisotopic (exact) mass is 374 g/mol. The van der Waals surface area contributed by atoms with Crippen LogP contribution in [0.1, 0.15) is 48.8 Å². The van der Waals surface area contributed by atoms with Crippen LogP contribution in [-0.4, -0.2) is 18.5 Å². The van der Waals surface area contributed by atoms with E-state index in [0.29, 0.717) is 5.76 Å². The molecule has 0 radical (unpaired) electrons. The van der Waals surface area contributed by atoms with Crippen molar-refractivity contribution in [1.82, 2.24) is 0 Å². The number of nitrogens with zero attached hydrogens (tertiary/aromatic N) is 2. The van der Waals surface area contributed by atoms with Crippen LogP contribution in [0.15, 0.2) is 77.4 Å². The Morgan fingerprint density at radius 3 is 2.54 bits per heavy atom. The molecule has 0 N–H and O–H groups in total. The summed E-state index contributed by atoms with van der Waals surface area (Å²) in [6.45, 7) is 5.31. The van der Waals surface area contributed by atoms with Crippen molar-refractivity contribution in [1.29, 1.82) is 0 Å². The van der Waals surface area contributed by atoms with Crippen LogP contribution in [0.4, 0.5) is 11.4 Å². The van der Waals surface area contributed by atoms with Crippen LogP contribution in [0.5, 0.6) is 0 Å². The maximum atomic E-state index is 13.1. The zero-order chi connectivity index (χ0) is 19.5. The first-order valence-corrected chi connectivity index (χ1v) is 9.98. The average Bonchev–Trinajstić information content (AvgIpc) is 3.27. The lowest BCUT2D eigenvalue weighted by molar-refractivity contribution is 0.0946. The molecule has 4 rings (SSSR count). The van der Waals surface area contributed by atoms with Gasteiger partial charge in [-0.25, -0.2) is 0 Å². The summed E-state index contributed by atoms with van der Waals surface area (Å²) in [5.74, 6) is 0.304. The molecule has 1 amide bonds. The number of benzene rings is 2. The number of fused-ring (bicyclic) bond motifs is 1. The average molecular weight is 374 g/mol. The molecule has 0 saturated heterocycles. The third-order valence-electron chi connectivity index (χ3n) is 5.44. The molecule has 0 saturated carbocycles. The van der Waals surface area contributed by atoms with Crippen LogP contribution in [0.25, 0.3) is 0 Å². The van der Waals surface area contributed by atoms with E-state index in [2.05, 4.69) is 61.2 Å². The highest BCUT2D eigenvalue weighted by atomic mass is 16.3. The van der Waals surface area contributed by atoms with Crippen molar-refractivity contribution in [2.45, 2.75) is 38.8 Å². The molecular formula is C24H26N2O2. The summed E-state index contributed by atoms with van der Waals surface area (Å²) in [4.78, 5) is 17.5. The van der Waals surface area contributed by atoms with Gasteiger partial charge in [-0.2, -0.15) is 0 Å². The van der Waals surface area contributed by atoms with Crippen LogP contribution < -0.4 is 9.80 Å². The Morgan fingerprint density at radius 2 is 1.82 bits per heavy atom. The van der Waals surface area contributed by atoms with Crippen molar-refractivity contribution in [3.05, 3.63) is 84.3 Å². The van der Waals surface area contributed by atoms with Crippen molar-refractivity contribution in [3.63, 3.8) is 0 Å². The highest BCUT2D eigenvalue weighted by Crippen LogP contribution is 2.42. The number of amides is 1. The lowest BCUT2D eigenvalue weighted by atomic mass is 9.89. The molecule has 1 aromatic heterocycles. The zero-order valence-electron chi connectivity index (χ0n) is 16.4. The van der Waals surface area contributed by atoms with Crippen LogP contribution in [0, 0.1) is 0 Å². The molecule has 0 bridgehead atoms. The van der Waals surface area contributed by atoms with Gasteiger partial charge in [-0.1, -0.05) is 43.3 Å². The third-order valence-corrected chi connectivity index (χ3v) is 5.44. The number of hydrogen-bond donors (Lipinski definition) is 0. The molecule has 2 aromatic carbocycles. The Bertz CT molecular complexity index is 921. The summed E-state index contributed by atoms with van der Waals surface area (Å²) < 4.78 is 5.39. The molecule has 28 heavy (non-hydrogen) atoms. The van der Waals surface area contributed by atoms with Crippen molar-refractivity contribution >= 4 is 17.3 Å². The standard InChI is InChI=1S/C24H26N2O2/c1-3-15-25(19-10-5-4-6-11-19)22-17-18(2)26(21-13-8-7-12-20(21)22)24(27)23-14-9-16-28-23/h4-14,16,18,22H,3,15,17H2,1-2H3. The lowest BCUT2D eigenvalue weighted by Crippen LogP contribution is -2.46. The van der Waals surface area contributed by atoms with Gasteiger partial charge in [0.15, 0.2) is 5.76 Å². The van der Waals surface area contributed by atoms with E-state index in [-0.39, 0.29) is 18.0 Å². The number of hydrogen-bond acceptors (Lipinski definition) is 3. The largest absolute Gasteiger partial charge is 0.459 e. The highest BCUT2D eigenvalue weighted by Gasteiger charge is 2.37. The van der Waals surface area contributed by atoms with E-state index in [9.17, 15) is 4.79 Å². The molecule has 144 valence electrons. The molecule has 1 aliphatic heterocycles. The zero-order valence-corrected chi connectivity index (χ0v) is 16.4. The Morgan fingerprint density at radius 1 is 1.07 bits per heavy atom. The molecule has 2 atom stereocenters. The second kappa shape index (κ2) is 7.93. The van der Waals surface area contributed by atoms with Crippen molar-refractivity contribution in [2.24, 2.45) is 0 Å². The van der Waals surface area contributed by atoms with E-state index in [1.54, 1.807) is 18.4 Å². The molecule has 4 heteroatoms. The van der Waals surface area contributed by atoms with Crippen LogP contribution in [0.2, 0.25) is 0 Å². The molecule has 3 aromatic rings. The van der Waals surface area contributed by atoms with Gasteiger partial charge < -0.3 is 14.2 Å². The minimum absolute atomic E-state index is 0.0700. The summed E-state index contributed by atoms with van der Waals surface area (Å²) in [6, 6.07) is 22.6. The molecule has 0 spiro atoms. The normalized spacial score (nSPS) is 18.6. The van der Waals surface area contributed by atoms with Gasteiger partial charge >= 0.3 is 0 Å². The first-order chi connectivity index (χ1) is 13.7. The molecule has 0 aliphatic carbocycles. The number of rotatable bonds is 5. The summed E-state index contributed by atoms with van der Waals surface area (Å²) in [5, 5.41) is 0.